The minimum atomic E-state index is -0.418. The van der Waals surface area contributed by atoms with Crippen molar-refractivity contribution in [3.05, 3.63) is 68.1 Å². The molecule has 0 bridgehead atoms. The second kappa shape index (κ2) is 7.45. The summed E-state index contributed by atoms with van der Waals surface area (Å²) in [6.45, 7) is 0. The number of esters is 1. The Labute approximate surface area is 161 Å². The fourth-order valence-electron chi connectivity index (χ4n) is 2.03. The maximum absolute atomic E-state index is 12.3. The second-order valence-electron chi connectivity index (χ2n) is 4.79. The molecule has 1 aliphatic rings. The molecule has 1 aliphatic heterocycles. The van der Waals surface area contributed by atoms with Crippen LogP contribution in [0.15, 0.2) is 53.4 Å². The SMILES string of the molecule is O=C1NC(=S)S/C1=C\c1cccc(OC(=O)c2ccccc2I)c1. The van der Waals surface area contributed by atoms with E-state index in [1.165, 1.54) is 11.8 Å². The molecular weight excluding hydrogens is 457 g/mol. The smallest absolute Gasteiger partial charge is 0.344 e. The van der Waals surface area contributed by atoms with Crippen LogP contribution in [0.5, 0.6) is 5.75 Å². The monoisotopic (exact) mass is 467 g/mol. The van der Waals surface area contributed by atoms with E-state index in [1.807, 2.05) is 18.2 Å². The number of thiocarbonyl (C=S) groups is 1. The lowest BCUT2D eigenvalue weighted by atomic mass is 10.2. The van der Waals surface area contributed by atoms with E-state index in [1.54, 1.807) is 36.4 Å². The van der Waals surface area contributed by atoms with Crippen molar-refractivity contribution in [1.29, 1.82) is 0 Å². The summed E-state index contributed by atoms with van der Waals surface area (Å²) in [5.74, 6) is -0.217. The highest BCUT2D eigenvalue weighted by atomic mass is 127. The maximum atomic E-state index is 12.3. The molecule has 1 N–H and O–H groups in total. The summed E-state index contributed by atoms with van der Waals surface area (Å²) in [6.07, 6.45) is 1.71. The third-order valence-electron chi connectivity index (χ3n) is 3.10. The zero-order valence-electron chi connectivity index (χ0n) is 12.1. The number of hydrogen-bond acceptors (Lipinski definition) is 5. The summed E-state index contributed by atoms with van der Waals surface area (Å²) in [5.41, 5.74) is 1.27. The van der Waals surface area contributed by atoms with Gasteiger partial charge in [0.2, 0.25) is 0 Å². The van der Waals surface area contributed by atoms with Gasteiger partial charge in [0.05, 0.1) is 10.5 Å². The van der Waals surface area contributed by atoms with Crippen LogP contribution in [-0.4, -0.2) is 16.2 Å². The van der Waals surface area contributed by atoms with E-state index >= 15 is 0 Å². The Morgan fingerprint density at radius 3 is 2.71 bits per heavy atom. The van der Waals surface area contributed by atoms with Gasteiger partial charge in [0, 0.05) is 3.57 Å². The first-order valence-electron chi connectivity index (χ1n) is 6.84. The molecule has 0 saturated carbocycles. The Morgan fingerprint density at radius 2 is 2.00 bits per heavy atom. The van der Waals surface area contributed by atoms with Crippen molar-refractivity contribution in [3.63, 3.8) is 0 Å². The van der Waals surface area contributed by atoms with Crippen molar-refractivity contribution in [2.75, 3.05) is 0 Å². The lowest BCUT2D eigenvalue weighted by Crippen LogP contribution is -2.17. The minimum Gasteiger partial charge on any atom is -0.423 e. The topological polar surface area (TPSA) is 55.4 Å². The third-order valence-corrected chi connectivity index (χ3v) is 5.21. The molecule has 0 radical (unpaired) electrons. The number of amides is 1. The van der Waals surface area contributed by atoms with Gasteiger partial charge in [-0.25, -0.2) is 4.79 Å². The molecule has 24 heavy (non-hydrogen) atoms. The number of benzene rings is 2. The number of carbonyl (C=O) groups is 2. The molecule has 2 aromatic rings. The highest BCUT2D eigenvalue weighted by Crippen LogP contribution is 2.27. The number of ether oxygens (including phenoxy) is 1. The van der Waals surface area contributed by atoms with E-state index in [-0.39, 0.29) is 5.91 Å². The van der Waals surface area contributed by atoms with Gasteiger partial charge in [-0.3, -0.25) is 4.79 Å². The van der Waals surface area contributed by atoms with Crippen LogP contribution in [0.1, 0.15) is 15.9 Å². The number of rotatable bonds is 3. The van der Waals surface area contributed by atoms with Crippen LogP contribution in [0.4, 0.5) is 0 Å². The molecule has 1 heterocycles. The first-order valence-corrected chi connectivity index (χ1v) is 9.15. The molecule has 0 spiro atoms. The fourth-order valence-corrected chi connectivity index (χ4v) is 3.68. The lowest BCUT2D eigenvalue weighted by molar-refractivity contribution is -0.115. The minimum absolute atomic E-state index is 0.216. The Hall–Kier alpha value is -1.71. The summed E-state index contributed by atoms with van der Waals surface area (Å²) in [6, 6.07) is 14.2. The van der Waals surface area contributed by atoms with Crippen molar-refractivity contribution in [2.24, 2.45) is 0 Å². The van der Waals surface area contributed by atoms with E-state index in [0.29, 0.717) is 20.5 Å². The molecule has 7 heteroatoms. The number of thioether (sulfide) groups is 1. The van der Waals surface area contributed by atoms with Gasteiger partial charge in [-0.05, 0) is 58.5 Å². The largest absolute Gasteiger partial charge is 0.423 e. The molecule has 2 aromatic carbocycles. The average molecular weight is 467 g/mol. The Kier molecular flexibility index (Phi) is 5.32. The Morgan fingerprint density at radius 1 is 1.21 bits per heavy atom. The third kappa shape index (κ3) is 4.03. The molecule has 0 aliphatic carbocycles. The number of halogens is 1. The van der Waals surface area contributed by atoms with Gasteiger partial charge < -0.3 is 10.1 Å². The van der Waals surface area contributed by atoms with Gasteiger partial charge in [-0.1, -0.05) is 48.2 Å². The number of carbonyl (C=O) groups excluding carboxylic acids is 2. The van der Waals surface area contributed by atoms with Crippen LogP contribution in [0.2, 0.25) is 0 Å². The molecule has 120 valence electrons. The zero-order valence-corrected chi connectivity index (χ0v) is 15.9. The number of hydrogen-bond donors (Lipinski definition) is 1. The molecule has 1 fully saturated rings. The molecule has 3 rings (SSSR count). The van der Waals surface area contributed by atoms with E-state index in [9.17, 15) is 9.59 Å². The predicted octanol–water partition coefficient (Wildman–Crippen LogP) is 4.00. The summed E-state index contributed by atoms with van der Waals surface area (Å²) >= 11 is 8.26. The van der Waals surface area contributed by atoms with E-state index < -0.39 is 5.97 Å². The Balaban J connectivity index is 1.80. The molecule has 0 unspecified atom stereocenters. The molecule has 4 nitrogen and oxygen atoms in total. The number of nitrogens with one attached hydrogen (secondary N) is 1. The van der Waals surface area contributed by atoms with E-state index in [0.717, 1.165) is 9.13 Å². The standard InChI is InChI=1S/C17H10INO3S2/c18-13-7-2-1-6-12(13)16(21)22-11-5-3-4-10(8-11)9-14-15(20)19-17(23)24-14/h1-9H,(H,19,20,23)/b14-9-. The molecular formula is C17H10INO3S2. The predicted molar refractivity (Wildman–Crippen MR) is 107 cm³/mol. The fraction of sp³-hybridized carbons (Fsp3) is 0. The molecule has 0 atom stereocenters. The quantitative estimate of drug-likeness (QED) is 0.243. The van der Waals surface area contributed by atoms with Crippen LogP contribution in [-0.2, 0) is 4.79 Å². The van der Waals surface area contributed by atoms with Crippen molar-refractivity contribution < 1.29 is 14.3 Å². The molecule has 0 aromatic heterocycles. The van der Waals surface area contributed by atoms with Crippen LogP contribution in [0, 0.1) is 3.57 Å². The van der Waals surface area contributed by atoms with Crippen molar-refractivity contribution in [2.45, 2.75) is 0 Å². The average Bonchev–Trinajstić information content (AvgIpc) is 2.85. The van der Waals surface area contributed by atoms with Crippen LogP contribution < -0.4 is 10.1 Å². The van der Waals surface area contributed by atoms with Crippen LogP contribution in [0.3, 0.4) is 0 Å². The van der Waals surface area contributed by atoms with E-state index in [2.05, 4.69) is 27.9 Å². The van der Waals surface area contributed by atoms with Gasteiger partial charge in [0.1, 0.15) is 10.1 Å². The highest BCUT2D eigenvalue weighted by molar-refractivity contribution is 14.1. The van der Waals surface area contributed by atoms with Crippen LogP contribution >= 0.6 is 46.6 Å². The highest BCUT2D eigenvalue weighted by Gasteiger charge is 2.22. The van der Waals surface area contributed by atoms with Gasteiger partial charge in [0.15, 0.2) is 0 Å². The van der Waals surface area contributed by atoms with Gasteiger partial charge in [-0.15, -0.1) is 0 Å². The normalized spacial score (nSPS) is 15.5. The van der Waals surface area contributed by atoms with Gasteiger partial charge >= 0.3 is 5.97 Å². The second-order valence-corrected chi connectivity index (χ2v) is 7.68. The van der Waals surface area contributed by atoms with Crippen molar-refractivity contribution in [3.8, 4) is 5.75 Å². The molecule has 1 amide bonds. The maximum Gasteiger partial charge on any atom is 0.344 e. The van der Waals surface area contributed by atoms with Gasteiger partial charge in [0.25, 0.3) is 5.91 Å². The first kappa shape index (κ1) is 17.1. The summed E-state index contributed by atoms with van der Waals surface area (Å²) < 4.78 is 6.69. The lowest BCUT2D eigenvalue weighted by Gasteiger charge is -2.06. The summed E-state index contributed by atoms with van der Waals surface area (Å²) in [7, 11) is 0. The van der Waals surface area contributed by atoms with Crippen molar-refractivity contribution in [1.82, 2.24) is 5.32 Å². The van der Waals surface area contributed by atoms with Gasteiger partial charge in [-0.2, -0.15) is 0 Å². The summed E-state index contributed by atoms with van der Waals surface area (Å²) in [5, 5.41) is 2.56. The molecule has 1 saturated heterocycles. The first-order chi connectivity index (χ1) is 11.5. The van der Waals surface area contributed by atoms with Crippen LogP contribution in [0.25, 0.3) is 6.08 Å². The van der Waals surface area contributed by atoms with E-state index in [4.69, 9.17) is 17.0 Å². The Bertz CT molecular complexity index is 880. The summed E-state index contributed by atoms with van der Waals surface area (Å²) in [4.78, 5) is 24.5. The zero-order chi connectivity index (χ0) is 17.1. The van der Waals surface area contributed by atoms with Crippen molar-refractivity contribution >= 4 is 68.8 Å².